The van der Waals surface area contributed by atoms with E-state index in [1.165, 1.54) is 11.0 Å². The van der Waals surface area contributed by atoms with Crippen molar-refractivity contribution in [1.82, 2.24) is 4.90 Å². The van der Waals surface area contributed by atoms with Gasteiger partial charge in [-0.2, -0.15) is 0 Å². The van der Waals surface area contributed by atoms with E-state index in [1.807, 2.05) is 0 Å². The van der Waals surface area contributed by atoms with Gasteiger partial charge in [-0.3, -0.25) is 14.4 Å². The summed E-state index contributed by atoms with van der Waals surface area (Å²) in [7, 11) is 0. The normalized spacial score (nSPS) is 18.4. The van der Waals surface area contributed by atoms with Crippen molar-refractivity contribution in [2.24, 2.45) is 5.73 Å². The Hall–Kier alpha value is -2.67. The van der Waals surface area contributed by atoms with E-state index in [0.717, 1.165) is 24.1 Å². The molecule has 2 aliphatic rings. The highest BCUT2D eigenvalue weighted by molar-refractivity contribution is 6.03. The van der Waals surface area contributed by atoms with Crippen molar-refractivity contribution in [2.75, 3.05) is 24.5 Å². The lowest BCUT2D eigenvalue weighted by atomic mass is 9.92. The molecule has 3 N–H and O–H groups in total. The van der Waals surface area contributed by atoms with Crippen LogP contribution in [0.25, 0.3) is 0 Å². The number of β-amino-alcohol motifs (C(OH)–C–C–N with tert-alkyl or cyclic N) is 1. The van der Waals surface area contributed by atoms with E-state index in [1.54, 1.807) is 23.1 Å². The monoisotopic (exact) mass is 329 g/mol. The third-order valence-electron chi connectivity index (χ3n) is 4.54. The molecule has 0 aromatic heterocycles. The number of carbonyl (C=O) groups is 3. The smallest absolute Gasteiger partial charge is 0.254 e. The van der Waals surface area contributed by atoms with Crippen LogP contribution in [0, 0.1) is 0 Å². The van der Waals surface area contributed by atoms with Crippen LogP contribution in [0.5, 0.6) is 0 Å². The van der Waals surface area contributed by atoms with E-state index in [2.05, 4.69) is 6.58 Å². The first-order chi connectivity index (χ1) is 11.4. The molecule has 2 aliphatic heterocycles. The summed E-state index contributed by atoms with van der Waals surface area (Å²) < 4.78 is 0. The van der Waals surface area contributed by atoms with Crippen LogP contribution in [-0.4, -0.2) is 53.0 Å². The molecule has 24 heavy (non-hydrogen) atoms. The number of primary amides is 1. The number of aryl methyl sites for hydroxylation is 1. The zero-order chi connectivity index (χ0) is 17.5. The number of hydrogen-bond acceptors (Lipinski definition) is 4. The molecule has 3 rings (SSSR count). The molecule has 7 heteroatoms. The highest BCUT2D eigenvalue weighted by Gasteiger charge is 2.48. The molecule has 0 saturated carbocycles. The maximum atomic E-state index is 12.5. The highest BCUT2D eigenvalue weighted by Crippen LogP contribution is 2.30. The van der Waals surface area contributed by atoms with Crippen LogP contribution in [0.3, 0.4) is 0 Å². The largest absolute Gasteiger partial charge is 0.377 e. The van der Waals surface area contributed by atoms with Crippen molar-refractivity contribution in [3.63, 3.8) is 0 Å². The fourth-order valence-electron chi connectivity index (χ4n) is 3.14. The Bertz CT molecular complexity index is 737. The van der Waals surface area contributed by atoms with Crippen LogP contribution < -0.4 is 10.6 Å². The number of hydrogen-bond donors (Lipinski definition) is 2. The molecule has 7 nitrogen and oxygen atoms in total. The zero-order valence-electron chi connectivity index (χ0n) is 13.2. The Balaban J connectivity index is 1.80. The summed E-state index contributed by atoms with van der Waals surface area (Å²) in [6.07, 6.45) is 2.87. The van der Waals surface area contributed by atoms with Crippen LogP contribution in [0.15, 0.2) is 30.9 Å². The predicted octanol–water partition coefficient (Wildman–Crippen LogP) is -0.176. The third kappa shape index (κ3) is 2.56. The number of nitrogens with zero attached hydrogens (tertiary/aromatic N) is 2. The second-order valence-corrected chi connectivity index (χ2v) is 6.20. The van der Waals surface area contributed by atoms with Crippen LogP contribution in [0.4, 0.5) is 5.69 Å². The van der Waals surface area contributed by atoms with Gasteiger partial charge in [0.05, 0.1) is 13.1 Å². The van der Waals surface area contributed by atoms with Crippen LogP contribution >= 0.6 is 0 Å². The van der Waals surface area contributed by atoms with Gasteiger partial charge in [-0.15, -0.1) is 0 Å². The summed E-state index contributed by atoms with van der Waals surface area (Å²) in [6, 6.07) is 5.17. The van der Waals surface area contributed by atoms with Crippen molar-refractivity contribution < 1.29 is 19.5 Å². The quantitative estimate of drug-likeness (QED) is 0.751. The van der Waals surface area contributed by atoms with Crippen molar-refractivity contribution in [1.29, 1.82) is 0 Å². The average Bonchev–Trinajstić information content (AvgIpc) is 2.56. The van der Waals surface area contributed by atoms with Gasteiger partial charge >= 0.3 is 0 Å². The second kappa shape index (κ2) is 5.76. The number of rotatable bonds is 3. The number of amides is 3. The van der Waals surface area contributed by atoms with Crippen LogP contribution in [-0.2, 0) is 16.0 Å². The van der Waals surface area contributed by atoms with Gasteiger partial charge in [0.1, 0.15) is 0 Å². The molecule has 0 radical (unpaired) electrons. The molecule has 1 aromatic rings. The van der Waals surface area contributed by atoms with E-state index in [4.69, 9.17) is 5.73 Å². The number of carbonyl (C=O) groups excluding carboxylic acids is 3. The molecular weight excluding hydrogens is 310 g/mol. The van der Waals surface area contributed by atoms with E-state index in [9.17, 15) is 19.5 Å². The van der Waals surface area contributed by atoms with Gasteiger partial charge < -0.3 is 20.6 Å². The number of likely N-dealkylation sites (tertiary alicyclic amines) is 1. The molecule has 1 fully saturated rings. The second-order valence-electron chi connectivity index (χ2n) is 6.20. The summed E-state index contributed by atoms with van der Waals surface area (Å²) in [5.41, 5.74) is 5.66. The molecule has 0 bridgehead atoms. The molecule has 0 spiro atoms. The number of anilines is 1. The van der Waals surface area contributed by atoms with Gasteiger partial charge in [0.25, 0.3) is 11.8 Å². The first kappa shape index (κ1) is 16.2. The maximum absolute atomic E-state index is 12.5. The van der Waals surface area contributed by atoms with Gasteiger partial charge in [0, 0.05) is 17.8 Å². The Morgan fingerprint density at radius 3 is 2.62 bits per heavy atom. The van der Waals surface area contributed by atoms with E-state index in [-0.39, 0.29) is 24.9 Å². The topological polar surface area (TPSA) is 104 Å². The first-order valence-corrected chi connectivity index (χ1v) is 7.74. The molecule has 0 aliphatic carbocycles. The standard InChI is InChI=1S/C17H19N3O4/c1-2-14(21)20-7-3-4-11-8-12(5-6-13(11)20)15(22)19-9-17(24,10-19)16(18)23/h2,5-6,8,24H,1,3-4,7,9-10H2,(H2,18,23). The van der Waals surface area contributed by atoms with Gasteiger partial charge in [0.15, 0.2) is 5.60 Å². The Kier molecular flexibility index (Phi) is 3.88. The number of nitrogens with two attached hydrogens (primary N) is 1. The summed E-state index contributed by atoms with van der Waals surface area (Å²) in [5.74, 6) is -1.25. The lowest BCUT2D eigenvalue weighted by Crippen LogP contribution is -2.69. The third-order valence-corrected chi connectivity index (χ3v) is 4.54. The minimum atomic E-state index is -1.63. The summed E-state index contributed by atoms with van der Waals surface area (Å²) in [6.45, 7) is 3.94. The number of aliphatic hydroxyl groups is 1. The minimum absolute atomic E-state index is 0.0979. The summed E-state index contributed by atoms with van der Waals surface area (Å²) >= 11 is 0. The molecule has 0 unspecified atom stereocenters. The lowest BCUT2D eigenvalue weighted by Gasteiger charge is -2.44. The Morgan fingerprint density at radius 1 is 1.29 bits per heavy atom. The van der Waals surface area contributed by atoms with Gasteiger partial charge in [-0.1, -0.05) is 6.58 Å². The van der Waals surface area contributed by atoms with Gasteiger partial charge in [-0.05, 0) is 42.7 Å². The molecule has 3 amide bonds. The molecular formula is C17H19N3O4. The van der Waals surface area contributed by atoms with Crippen molar-refractivity contribution in [2.45, 2.75) is 18.4 Å². The van der Waals surface area contributed by atoms with Gasteiger partial charge in [-0.25, -0.2) is 0 Å². The van der Waals surface area contributed by atoms with E-state index >= 15 is 0 Å². The van der Waals surface area contributed by atoms with Crippen molar-refractivity contribution in [3.05, 3.63) is 42.0 Å². The lowest BCUT2D eigenvalue weighted by molar-refractivity contribution is -0.151. The summed E-state index contributed by atoms with van der Waals surface area (Å²) in [5, 5.41) is 9.85. The van der Waals surface area contributed by atoms with Gasteiger partial charge in [0.2, 0.25) is 5.91 Å². The fraction of sp³-hybridized carbons (Fsp3) is 0.353. The zero-order valence-corrected chi connectivity index (χ0v) is 13.2. The first-order valence-electron chi connectivity index (χ1n) is 7.74. The van der Waals surface area contributed by atoms with Crippen molar-refractivity contribution in [3.8, 4) is 0 Å². The molecule has 126 valence electrons. The SMILES string of the molecule is C=CC(=O)N1CCCc2cc(C(=O)N3CC(O)(C(N)=O)C3)ccc21. The molecule has 1 aromatic carbocycles. The Labute approximate surface area is 139 Å². The van der Waals surface area contributed by atoms with Crippen molar-refractivity contribution >= 4 is 23.4 Å². The van der Waals surface area contributed by atoms with E-state index < -0.39 is 11.5 Å². The molecule has 1 saturated heterocycles. The number of benzene rings is 1. The fourth-order valence-corrected chi connectivity index (χ4v) is 3.14. The average molecular weight is 329 g/mol. The highest BCUT2D eigenvalue weighted by atomic mass is 16.3. The van der Waals surface area contributed by atoms with Crippen LogP contribution in [0.2, 0.25) is 0 Å². The minimum Gasteiger partial charge on any atom is -0.377 e. The molecule has 2 heterocycles. The van der Waals surface area contributed by atoms with E-state index in [0.29, 0.717) is 12.1 Å². The predicted molar refractivity (Wildman–Crippen MR) is 87.4 cm³/mol. The Morgan fingerprint density at radius 2 is 2.00 bits per heavy atom. The maximum Gasteiger partial charge on any atom is 0.254 e. The number of fused-ring (bicyclic) bond motifs is 1. The molecule has 0 atom stereocenters. The van der Waals surface area contributed by atoms with Crippen LogP contribution in [0.1, 0.15) is 22.3 Å². The summed E-state index contributed by atoms with van der Waals surface area (Å²) in [4.78, 5) is 38.5.